The first kappa shape index (κ1) is 95.9. The first-order valence-corrected chi connectivity index (χ1v) is 43.8. The summed E-state index contributed by atoms with van der Waals surface area (Å²) in [6.45, 7) is 19.4. The van der Waals surface area contributed by atoms with Crippen LogP contribution in [0.5, 0.6) is 51.9 Å². The van der Waals surface area contributed by atoms with Gasteiger partial charge in [0.25, 0.3) is 0 Å². The average Bonchev–Trinajstić information content (AvgIpc) is 0.838. The van der Waals surface area contributed by atoms with Gasteiger partial charge in [-0.25, -0.2) is 9.37 Å². The van der Waals surface area contributed by atoms with Crippen LogP contribution in [0.2, 0.25) is 10.0 Å². The van der Waals surface area contributed by atoms with E-state index in [0.717, 1.165) is 135 Å². The summed E-state index contributed by atoms with van der Waals surface area (Å²) in [5.41, 5.74) is 7.52. The van der Waals surface area contributed by atoms with Crippen molar-refractivity contribution in [3.05, 3.63) is 255 Å². The van der Waals surface area contributed by atoms with E-state index in [0.29, 0.717) is 163 Å². The molecule has 3 aliphatic heterocycles. The van der Waals surface area contributed by atoms with Crippen LogP contribution in [0.1, 0.15) is 122 Å². The van der Waals surface area contributed by atoms with E-state index >= 15 is 0 Å². The highest BCUT2D eigenvalue weighted by Crippen LogP contribution is 2.34. The van der Waals surface area contributed by atoms with E-state index in [1.807, 2.05) is 140 Å². The van der Waals surface area contributed by atoms with Gasteiger partial charge in [0.05, 0.1) is 102 Å². The van der Waals surface area contributed by atoms with Crippen molar-refractivity contribution < 1.29 is 80.4 Å². The standard InChI is InChI=1S/C33H44N4O6.C32H38ClFN2O5.C32H39ClN2O5/c1-24-36-21-27(13-16-35-25(2)38)33(37-24)43-20-19-42-32-22-34-15-14-30(32)26-9-11-29(12-10-26)41-18-6-17-40-23-28-7-4-5-8-31(28)39-3;1-23(37)36-16-13-25-7-10-26(34)21-31(25)40-19-20-41-32-22-35-15-14-28(32)24-8-11-27(12-9-24)38-17-4-18-39-30-6-3-2-5-29(30)33;1-24(36)35-18-15-26-7-2-4-9-30(26)39-21-22-40-32-23-34-17-16-28(32)25-11-13-27(14-12-25)37-19-6-20-38-31-10-5-3-8-29(31)33/h4-5,7-12,21,30,32,34H,6,13-20,22-23H2,1-3H3,(H,35,38);2-3,5-12,21,28,32,35H,4,13-20,22H2,1H3,(H,36,37);2-5,7-14,28,32,34H,6,15-23H2,1H3,(H,35,36)/t30-,32+;2*28-,32+/m111/s1. The van der Waals surface area contributed by atoms with Crippen LogP contribution in [0.3, 0.4) is 0 Å². The van der Waals surface area contributed by atoms with Gasteiger partial charge in [0.1, 0.15) is 77.5 Å². The zero-order valence-electron chi connectivity index (χ0n) is 71.9. The summed E-state index contributed by atoms with van der Waals surface area (Å²) in [4.78, 5) is 42.2. The number of rotatable bonds is 47. The quantitative estimate of drug-likeness (QED) is 0.0194. The minimum absolute atomic E-state index is 0.00664. The van der Waals surface area contributed by atoms with E-state index in [4.69, 9.17) is 84.8 Å². The molecule has 124 heavy (non-hydrogen) atoms. The van der Waals surface area contributed by atoms with Gasteiger partial charge in [0.2, 0.25) is 23.6 Å². The molecule has 3 aliphatic rings. The summed E-state index contributed by atoms with van der Waals surface area (Å²) in [5, 5.41) is 19.9. The molecule has 3 saturated heterocycles. The van der Waals surface area contributed by atoms with E-state index in [9.17, 15) is 18.8 Å². The molecule has 3 fully saturated rings. The number of aryl methyl sites for hydroxylation is 1. The fourth-order valence-electron chi connectivity index (χ4n) is 14.6. The zero-order chi connectivity index (χ0) is 87.1. The molecule has 0 spiro atoms. The van der Waals surface area contributed by atoms with Gasteiger partial charge in [-0.15, -0.1) is 0 Å². The molecular weight excluding hydrogens is 1620 g/mol. The van der Waals surface area contributed by atoms with Crippen molar-refractivity contribution in [1.29, 1.82) is 0 Å². The van der Waals surface area contributed by atoms with Crippen LogP contribution in [0, 0.1) is 12.7 Å². The number of carbonyl (C=O) groups excluding carboxylic acids is 3. The van der Waals surface area contributed by atoms with Gasteiger partial charge in [0.15, 0.2) is 0 Å². The molecule has 1 aromatic heterocycles. The third-order valence-corrected chi connectivity index (χ3v) is 21.5. The molecule has 3 amide bonds. The second-order valence-electron chi connectivity index (χ2n) is 30.1. The molecule has 12 rings (SSSR count). The van der Waals surface area contributed by atoms with E-state index in [2.05, 4.69) is 78.3 Å². The number of nitrogens with one attached hydrogen (secondary N) is 6. The van der Waals surface area contributed by atoms with Crippen LogP contribution < -0.4 is 74.5 Å². The number of methoxy groups -OCH3 is 1. The highest BCUT2D eigenvalue weighted by atomic mass is 35.5. The number of benzene rings is 8. The first-order chi connectivity index (χ1) is 60.6. The smallest absolute Gasteiger partial charge is 0.220 e. The molecule has 666 valence electrons. The lowest BCUT2D eigenvalue weighted by Crippen LogP contribution is -2.41. The van der Waals surface area contributed by atoms with Crippen LogP contribution >= 0.6 is 23.2 Å². The summed E-state index contributed by atoms with van der Waals surface area (Å²) in [5.74, 6) is 7.51. The van der Waals surface area contributed by atoms with Crippen molar-refractivity contribution in [2.45, 2.75) is 128 Å². The van der Waals surface area contributed by atoms with Crippen molar-refractivity contribution in [2.75, 3.05) is 145 Å². The fourth-order valence-corrected chi connectivity index (χ4v) is 15.0. The van der Waals surface area contributed by atoms with Crippen molar-refractivity contribution in [2.24, 2.45) is 0 Å². The monoisotopic (exact) mass is 1740 g/mol. The van der Waals surface area contributed by atoms with Gasteiger partial charge >= 0.3 is 0 Å². The van der Waals surface area contributed by atoms with Gasteiger partial charge < -0.3 is 93.5 Å². The second kappa shape index (κ2) is 54.4. The minimum atomic E-state index is -0.362. The highest BCUT2D eigenvalue weighted by Gasteiger charge is 2.31. The Labute approximate surface area is 739 Å². The van der Waals surface area contributed by atoms with Crippen molar-refractivity contribution in [3.8, 4) is 51.9 Å². The highest BCUT2D eigenvalue weighted by molar-refractivity contribution is 6.32. The number of aromatic nitrogens is 2. The lowest BCUT2D eigenvalue weighted by atomic mass is 9.88. The number of amides is 3. The number of carbonyl (C=O) groups is 3. The lowest BCUT2D eigenvalue weighted by molar-refractivity contribution is -0.119. The molecule has 0 bridgehead atoms. The second-order valence-corrected chi connectivity index (χ2v) is 30.9. The largest absolute Gasteiger partial charge is 0.496 e. The first-order valence-electron chi connectivity index (χ1n) is 43.0. The third-order valence-electron chi connectivity index (χ3n) is 20.9. The molecule has 8 aromatic carbocycles. The van der Waals surface area contributed by atoms with E-state index < -0.39 is 0 Å². The van der Waals surface area contributed by atoms with E-state index in [-0.39, 0.29) is 53.7 Å². The van der Waals surface area contributed by atoms with Gasteiger partial charge in [-0.1, -0.05) is 126 Å². The van der Waals surface area contributed by atoms with Crippen LogP contribution in [-0.2, 0) is 59.2 Å². The van der Waals surface area contributed by atoms with Gasteiger partial charge in [-0.3, -0.25) is 14.4 Å². The molecule has 27 heteroatoms. The number of hydrogen-bond donors (Lipinski definition) is 6. The van der Waals surface area contributed by atoms with Crippen LogP contribution in [0.4, 0.5) is 4.39 Å². The van der Waals surface area contributed by atoms with Crippen LogP contribution in [0.15, 0.2) is 194 Å². The summed E-state index contributed by atoms with van der Waals surface area (Å²) < 4.78 is 90.9. The van der Waals surface area contributed by atoms with Crippen LogP contribution in [-0.4, -0.2) is 191 Å². The fraction of sp³-hybridized carbons (Fsp3) is 0.433. The Morgan fingerprint density at radius 1 is 0.411 bits per heavy atom. The number of piperidine rings is 3. The minimum Gasteiger partial charge on any atom is -0.496 e. The SMILES string of the molecule is CC(=O)NCCc1ccc(F)cc1OCCO[C@H]1CNCC[C@@H]1c1ccc(OCCCOc2ccccc2Cl)cc1.CC(=O)NCCc1ccccc1OCCO[C@H]1CNCC[C@@H]1c1ccc(OCCCOc2ccccc2Cl)cc1.COc1ccccc1COCCCOc1ccc([C@H]2CCNC[C@@H]2OCCOc2nc(C)ncc2CCNC(C)=O)cc1. The van der Waals surface area contributed by atoms with Crippen molar-refractivity contribution in [3.63, 3.8) is 0 Å². The normalized spacial score (nSPS) is 16.6. The third kappa shape index (κ3) is 34.0. The van der Waals surface area contributed by atoms with Gasteiger partial charge in [0, 0.05) is 120 Å². The number of halogens is 3. The molecular formula is C97H121Cl2FN8O16. The van der Waals surface area contributed by atoms with Crippen molar-refractivity contribution in [1.82, 2.24) is 41.9 Å². The molecule has 9 aromatic rings. The molecule has 24 nitrogen and oxygen atoms in total. The van der Waals surface area contributed by atoms with E-state index in [1.54, 1.807) is 19.4 Å². The Hall–Kier alpha value is -10.3. The number of para-hydroxylation sites is 4. The molecule has 0 unspecified atom stereocenters. The molecule has 0 saturated carbocycles. The Morgan fingerprint density at radius 2 is 0.790 bits per heavy atom. The molecule has 4 heterocycles. The molecule has 6 atom stereocenters. The Kier molecular flexibility index (Phi) is 42.1. The number of ether oxygens (including phenoxy) is 13. The topological polar surface area (TPSA) is 269 Å². The lowest BCUT2D eigenvalue weighted by Gasteiger charge is -2.32. The maximum atomic E-state index is 13.8. The summed E-state index contributed by atoms with van der Waals surface area (Å²) >= 11 is 12.2. The number of nitrogens with zero attached hydrogens (tertiary/aromatic N) is 2. The van der Waals surface area contributed by atoms with Crippen LogP contribution in [0.25, 0.3) is 0 Å². The predicted molar refractivity (Wildman–Crippen MR) is 479 cm³/mol. The average molecular weight is 1740 g/mol. The summed E-state index contributed by atoms with van der Waals surface area (Å²) in [6.07, 6.45) is 9.01. The number of hydrogen-bond acceptors (Lipinski definition) is 21. The Morgan fingerprint density at radius 3 is 1.24 bits per heavy atom. The van der Waals surface area contributed by atoms with Gasteiger partial charge in [-0.2, -0.15) is 4.98 Å². The zero-order valence-corrected chi connectivity index (χ0v) is 73.4. The molecule has 0 aliphatic carbocycles. The Bertz CT molecular complexity index is 4620. The maximum absolute atomic E-state index is 13.8. The Balaban J connectivity index is 0.000000195. The maximum Gasteiger partial charge on any atom is 0.220 e. The predicted octanol–water partition coefficient (Wildman–Crippen LogP) is 15.0. The molecule has 6 N–H and O–H groups in total. The molecule has 0 radical (unpaired) electrons. The van der Waals surface area contributed by atoms with Crippen molar-refractivity contribution >= 4 is 40.9 Å². The van der Waals surface area contributed by atoms with E-state index in [1.165, 1.54) is 49.6 Å². The van der Waals surface area contributed by atoms with Gasteiger partial charge in [-0.05, 0) is 172 Å². The summed E-state index contributed by atoms with van der Waals surface area (Å²) in [7, 11) is 1.67. The summed E-state index contributed by atoms with van der Waals surface area (Å²) in [6, 6.07) is 60.1.